The summed E-state index contributed by atoms with van der Waals surface area (Å²) in [5, 5.41) is 0. The van der Waals surface area contributed by atoms with Crippen molar-refractivity contribution in [1.29, 1.82) is 0 Å². The van der Waals surface area contributed by atoms with Gasteiger partial charge in [0, 0.05) is 34.1 Å². The van der Waals surface area contributed by atoms with Gasteiger partial charge in [-0.25, -0.2) is 0 Å². The molecule has 0 unspecified atom stereocenters. The molecule has 0 N–H and O–H groups in total. The Kier molecular flexibility index (Phi) is 45.7. The van der Waals surface area contributed by atoms with Gasteiger partial charge in [-0.1, -0.05) is 0 Å². The van der Waals surface area contributed by atoms with Crippen molar-refractivity contribution in [3.63, 3.8) is 0 Å². The maximum absolute atomic E-state index is 8.55. The van der Waals surface area contributed by atoms with Gasteiger partial charge in [-0.2, -0.15) is 7.82 Å². The molecule has 0 atom stereocenters. The van der Waals surface area contributed by atoms with Gasteiger partial charge in [0.2, 0.25) is 0 Å². The number of rotatable bonds is 0. The fraction of sp³-hybridized carbons (Fsp3) is 0. The van der Waals surface area contributed by atoms with E-state index >= 15 is 0 Å². The predicted molar refractivity (Wildman–Crippen MR) is 13.4 cm³/mol. The van der Waals surface area contributed by atoms with E-state index in [2.05, 4.69) is 0 Å². The summed E-state index contributed by atoms with van der Waals surface area (Å²) in [7, 11) is -5.39. The summed E-state index contributed by atoms with van der Waals surface area (Å²) in [5.74, 6) is 0. The molecule has 0 saturated heterocycles. The van der Waals surface area contributed by atoms with Crippen LogP contribution in [-0.4, -0.2) is 37.7 Å². The van der Waals surface area contributed by atoms with Crippen LogP contribution in [0.25, 0.3) is 0 Å². The minimum Gasteiger partial charge on any atom is -0.822 e. The van der Waals surface area contributed by atoms with Crippen LogP contribution in [0, 0.1) is 0 Å². The van der Waals surface area contributed by atoms with Gasteiger partial charge < -0.3 is 19.2 Å². The van der Waals surface area contributed by atoms with E-state index in [0.717, 1.165) is 0 Å². The van der Waals surface area contributed by atoms with E-state index in [1.54, 1.807) is 0 Å². The maximum atomic E-state index is 8.55. The van der Waals surface area contributed by atoms with Crippen molar-refractivity contribution in [3.8, 4) is 0 Å². The largest absolute Gasteiger partial charge is 2.00 e. The first-order chi connectivity index (χ1) is 2.00. The van der Waals surface area contributed by atoms with Gasteiger partial charge in [-0.3, -0.25) is 0 Å². The molecule has 0 saturated carbocycles. The third kappa shape index (κ3) is 86.9. The van der Waals surface area contributed by atoms with Crippen LogP contribution in [0.5, 0.6) is 0 Å². The van der Waals surface area contributed by atoms with Gasteiger partial charge in [0.15, 0.2) is 0 Å². The van der Waals surface area contributed by atoms with Crippen LogP contribution in [0.4, 0.5) is 0 Å². The van der Waals surface area contributed by atoms with Crippen LogP contribution in [-0.2, 0) is 38.7 Å². The number of hydrogen-bond donors (Lipinski definition) is 0. The second kappa shape index (κ2) is 14.0. The van der Waals surface area contributed by atoms with Gasteiger partial charge in [-0.15, -0.1) is 0 Å². The molecule has 1 radical (unpaired) electrons. The molecule has 0 aliphatic rings. The first-order valence-electron chi connectivity index (χ1n) is 0.730. The van der Waals surface area contributed by atoms with Crippen molar-refractivity contribution in [3.05, 3.63) is 0 Å². The van der Waals surface area contributed by atoms with Crippen LogP contribution in [0.1, 0.15) is 0 Å². The van der Waals surface area contributed by atoms with Gasteiger partial charge in [0.25, 0.3) is 0 Å². The molecule has 47 valence electrons. The normalized spacial score (nSPS) is 6.56. The minimum atomic E-state index is -5.39. The molecule has 0 aromatic carbocycles. The second-order valence-electron chi connectivity index (χ2n) is 0.447. The summed E-state index contributed by atoms with van der Waals surface area (Å²) in [6.45, 7) is 0. The Labute approximate surface area is 126 Å². The zero-order valence-corrected chi connectivity index (χ0v) is 11.9. The monoisotopic (exact) mass is 269 g/mol. The van der Waals surface area contributed by atoms with E-state index < -0.39 is 7.82 Å². The molecular weight excluding hydrogens is 269 g/mol. The third-order valence-electron chi connectivity index (χ3n) is 0. The zero-order valence-electron chi connectivity index (χ0n) is 4.52. The van der Waals surface area contributed by atoms with Gasteiger partial charge >= 0.3 is 67.3 Å². The summed E-state index contributed by atoms with van der Waals surface area (Å²) in [5.41, 5.74) is 0. The molecule has 0 aromatic rings. The molecular formula is CaFeMnNaO4P. The maximum Gasteiger partial charge on any atom is 2.00 e. The summed E-state index contributed by atoms with van der Waals surface area (Å²) in [4.78, 5) is 25.6. The topological polar surface area (TPSA) is 86.2 Å². The van der Waals surface area contributed by atoms with E-state index in [1.165, 1.54) is 0 Å². The summed E-state index contributed by atoms with van der Waals surface area (Å²) < 4.78 is 8.55. The standard InChI is InChI=1S/Ca.Fe.Mn.Na.H3O4P/c;;;;1-5(2,3)4/h;;;;(H3,1,2,3,4)/q+2;;;+1;/p-3. The molecule has 0 spiro atoms. The fourth-order valence-corrected chi connectivity index (χ4v) is 0. The summed E-state index contributed by atoms with van der Waals surface area (Å²) in [6.07, 6.45) is 0. The van der Waals surface area contributed by atoms with Crippen molar-refractivity contribution in [1.82, 2.24) is 0 Å². The first kappa shape index (κ1) is 29.4. The Morgan fingerprint density at radius 2 is 1.11 bits per heavy atom. The van der Waals surface area contributed by atoms with Crippen LogP contribution >= 0.6 is 7.82 Å². The second-order valence-corrected chi connectivity index (χ2v) is 1.34. The Morgan fingerprint density at radius 1 is 1.11 bits per heavy atom. The Morgan fingerprint density at radius 3 is 1.11 bits per heavy atom. The zero-order chi connectivity index (χ0) is 4.50. The van der Waals surface area contributed by atoms with Crippen LogP contribution < -0.4 is 44.2 Å². The molecule has 0 fully saturated rings. The van der Waals surface area contributed by atoms with Crippen molar-refractivity contribution in [2.45, 2.75) is 0 Å². The molecule has 0 amide bonds. The van der Waals surface area contributed by atoms with Crippen molar-refractivity contribution < 1.29 is 82.9 Å². The third-order valence-corrected chi connectivity index (χ3v) is 0. The molecule has 0 aliphatic carbocycles. The fourth-order valence-electron chi connectivity index (χ4n) is 0. The van der Waals surface area contributed by atoms with Gasteiger partial charge in [0.1, 0.15) is 0 Å². The molecule has 0 aromatic heterocycles. The minimum absolute atomic E-state index is 0. The molecule has 9 heavy (non-hydrogen) atoms. The number of hydrogen-bond acceptors (Lipinski definition) is 4. The van der Waals surface area contributed by atoms with Crippen LogP contribution in [0.2, 0.25) is 0 Å². The Bertz CT molecular complexity index is 66.7. The van der Waals surface area contributed by atoms with Crippen LogP contribution in [0.3, 0.4) is 0 Å². The Balaban J connectivity index is -0.0000000133. The quantitative estimate of drug-likeness (QED) is 0.323. The Hall–Kier alpha value is 3.41. The van der Waals surface area contributed by atoms with Gasteiger partial charge in [0.05, 0.1) is 0 Å². The van der Waals surface area contributed by atoms with Crippen molar-refractivity contribution in [2.24, 2.45) is 0 Å². The average molecular weight is 269 g/mol. The van der Waals surface area contributed by atoms with E-state index in [1.807, 2.05) is 0 Å². The SMILES string of the molecule is O=P([O-])([O-])[O-].[Ca+2].[Fe].[Mn].[Na+]. The average Bonchev–Trinajstić information content (AvgIpc) is 0.722. The molecule has 4 nitrogen and oxygen atoms in total. The van der Waals surface area contributed by atoms with E-state index in [0.29, 0.717) is 0 Å². The van der Waals surface area contributed by atoms with Crippen molar-refractivity contribution in [2.75, 3.05) is 0 Å². The molecule has 0 rings (SSSR count). The molecule has 0 bridgehead atoms. The smallest absolute Gasteiger partial charge is 0.822 e. The number of phosphoric acid groups is 1. The molecule has 0 aliphatic heterocycles. The first-order valence-corrected chi connectivity index (χ1v) is 2.19. The molecule has 0 heterocycles. The van der Waals surface area contributed by atoms with Crippen LogP contribution in [0.15, 0.2) is 0 Å². The van der Waals surface area contributed by atoms with E-state index in [9.17, 15) is 0 Å². The van der Waals surface area contributed by atoms with Gasteiger partial charge in [-0.05, 0) is 0 Å². The van der Waals surface area contributed by atoms with Crippen molar-refractivity contribution >= 4 is 45.6 Å². The predicted octanol–water partition coefficient (Wildman–Crippen LogP) is -6.21. The summed E-state index contributed by atoms with van der Waals surface area (Å²) in [6, 6.07) is 0. The summed E-state index contributed by atoms with van der Waals surface area (Å²) >= 11 is 0. The van der Waals surface area contributed by atoms with E-state index in [-0.39, 0.29) is 101 Å². The molecule has 9 heteroatoms. The van der Waals surface area contributed by atoms with E-state index in [4.69, 9.17) is 19.2 Å².